The Labute approximate surface area is 193 Å². The minimum atomic E-state index is -3.77. The van der Waals surface area contributed by atoms with Crippen LogP contribution in [0.2, 0.25) is 0 Å². The maximum atomic E-state index is 12.6. The Kier molecular flexibility index (Phi) is 6.46. The van der Waals surface area contributed by atoms with Gasteiger partial charge in [0.05, 0.1) is 4.90 Å². The van der Waals surface area contributed by atoms with E-state index in [4.69, 9.17) is 0 Å². The largest absolute Gasteiger partial charge is 0.339 e. The molecule has 3 aromatic carbocycles. The lowest BCUT2D eigenvalue weighted by Gasteiger charge is -2.15. The van der Waals surface area contributed by atoms with E-state index in [9.17, 15) is 18.0 Å². The van der Waals surface area contributed by atoms with Gasteiger partial charge in [0.1, 0.15) is 0 Å². The summed E-state index contributed by atoms with van der Waals surface area (Å²) in [6.07, 6.45) is 2.06. The summed E-state index contributed by atoms with van der Waals surface area (Å²) in [6.45, 7) is 3.48. The van der Waals surface area contributed by atoms with E-state index < -0.39 is 10.0 Å². The molecule has 1 fully saturated rings. The van der Waals surface area contributed by atoms with Crippen molar-refractivity contribution in [3.63, 3.8) is 0 Å². The number of hydrogen-bond donors (Lipinski definition) is 2. The van der Waals surface area contributed by atoms with Crippen LogP contribution in [0.3, 0.4) is 0 Å². The molecule has 0 aliphatic carbocycles. The van der Waals surface area contributed by atoms with Crippen LogP contribution in [-0.4, -0.2) is 38.2 Å². The summed E-state index contributed by atoms with van der Waals surface area (Å²) in [5, 5.41) is 2.77. The Morgan fingerprint density at radius 1 is 0.758 bits per heavy atom. The lowest BCUT2D eigenvalue weighted by molar-refractivity contribution is 0.0792. The van der Waals surface area contributed by atoms with Crippen LogP contribution in [0.4, 0.5) is 11.4 Å². The number of anilines is 2. The highest BCUT2D eigenvalue weighted by Gasteiger charge is 2.19. The first-order chi connectivity index (χ1) is 15.8. The average Bonchev–Trinajstić information content (AvgIpc) is 3.36. The van der Waals surface area contributed by atoms with E-state index in [0.717, 1.165) is 31.5 Å². The van der Waals surface area contributed by atoms with Crippen molar-refractivity contribution in [2.75, 3.05) is 23.1 Å². The number of nitrogens with one attached hydrogen (secondary N) is 2. The van der Waals surface area contributed by atoms with E-state index in [1.54, 1.807) is 36.4 Å². The van der Waals surface area contributed by atoms with Gasteiger partial charge in [-0.1, -0.05) is 17.7 Å². The Balaban J connectivity index is 1.39. The van der Waals surface area contributed by atoms with Gasteiger partial charge in [0.2, 0.25) is 0 Å². The van der Waals surface area contributed by atoms with Gasteiger partial charge >= 0.3 is 0 Å². The predicted molar refractivity (Wildman–Crippen MR) is 128 cm³/mol. The van der Waals surface area contributed by atoms with Crippen LogP contribution in [0.25, 0.3) is 0 Å². The molecule has 3 aromatic rings. The van der Waals surface area contributed by atoms with Gasteiger partial charge in [0, 0.05) is 35.6 Å². The fraction of sp³-hybridized carbons (Fsp3) is 0.200. The van der Waals surface area contributed by atoms with E-state index in [1.807, 2.05) is 24.0 Å². The van der Waals surface area contributed by atoms with Crippen molar-refractivity contribution in [3.8, 4) is 0 Å². The summed E-state index contributed by atoms with van der Waals surface area (Å²) < 4.78 is 27.7. The SMILES string of the molecule is Cc1ccc(NS(=O)(=O)c2ccc(C(=O)Nc3ccc(C(=O)N4CCCC4)cc3)cc2)cc1. The third-order valence-electron chi connectivity index (χ3n) is 5.51. The second-order valence-electron chi connectivity index (χ2n) is 8.03. The Morgan fingerprint density at radius 2 is 1.30 bits per heavy atom. The van der Waals surface area contributed by atoms with Crippen LogP contribution < -0.4 is 10.0 Å². The predicted octanol–water partition coefficient (Wildman–Crippen LogP) is 4.28. The third kappa shape index (κ3) is 5.40. The van der Waals surface area contributed by atoms with Gasteiger partial charge < -0.3 is 10.2 Å². The maximum Gasteiger partial charge on any atom is 0.261 e. The third-order valence-corrected chi connectivity index (χ3v) is 6.91. The van der Waals surface area contributed by atoms with E-state index in [1.165, 1.54) is 24.3 Å². The number of aryl methyl sites for hydroxylation is 1. The number of sulfonamides is 1. The molecule has 0 aromatic heterocycles. The first-order valence-electron chi connectivity index (χ1n) is 10.7. The molecule has 170 valence electrons. The second kappa shape index (κ2) is 9.46. The highest BCUT2D eigenvalue weighted by atomic mass is 32.2. The molecule has 0 atom stereocenters. The fourth-order valence-corrected chi connectivity index (χ4v) is 4.68. The molecule has 0 radical (unpaired) electrons. The molecule has 2 N–H and O–H groups in total. The van der Waals surface area contributed by atoms with E-state index in [-0.39, 0.29) is 16.7 Å². The van der Waals surface area contributed by atoms with Gasteiger partial charge in [-0.15, -0.1) is 0 Å². The number of carbonyl (C=O) groups is 2. The smallest absolute Gasteiger partial charge is 0.261 e. The van der Waals surface area contributed by atoms with Crippen molar-refractivity contribution in [2.24, 2.45) is 0 Å². The first kappa shape index (κ1) is 22.5. The number of benzene rings is 3. The van der Waals surface area contributed by atoms with Crippen molar-refractivity contribution in [2.45, 2.75) is 24.7 Å². The molecule has 0 bridgehead atoms. The number of nitrogens with zero attached hydrogens (tertiary/aromatic N) is 1. The van der Waals surface area contributed by atoms with Crippen LogP contribution in [0.1, 0.15) is 39.1 Å². The molecule has 1 heterocycles. The van der Waals surface area contributed by atoms with Gasteiger partial charge in [-0.2, -0.15) is 0 Å². The normalized spacial score (nSPS) is 13.5. The number of likely N-dealkylation sites (tertiary alicyclic amines) is 1. The molecule has 0 unspecified atom stereocenters. The zero-order valence-corrected chi connectivity index (χ0v) is 19.1. The molecule has 1 saturated heterocycles. The van der Waals surface area contributed by atoms with Crippen molar-refractivity contribution < 1.29 is 18.0 Å². The van der Waals surface area contributed by atoms with E-state index >= 15 is 0 Å². The van der Waals surface area contributed by atoms with Crippen molar-refractivity contribution in [1.29, 1.82) is 0 Å². The fourth-order valence-electron chi connectivity index (χ4n) is 3.62. The van der Waals surface area contributed by atoms with Crippen LogP contribution in [0.5, 0.6) is 0 Å². The molecule has 0 saturated carbocycles. The number of rotatable bonds is 6. The van der Waals surface area contributed by atoms with Crippen LogP contribution in [-0.2, 0) is 10.0 Å². The highest BCUT2D eigenvalue weighted by molar-refractivity contribution is 7.92. The van der Waals surface area contributed by atoms with Gasteiger partial charge in [-0.25, -0.2) is 8.42 Å². The molecule has 4 rings (SSSR count). The molecular weight excluding hydrogens is 438 g/mol. The minimum Gasteiger partial charge on any atom is -0.339 e. The van der Waals surface area contributed by atoms with Crippen LogP contribution in [0.15, 0.2) is 77.7 Å². The van der Waals surface area contributed by atoms with Gasteiger partial charge in [-0.05, 0) is 80.4 Å². The molecule has 1 aliphatic rings. The summed E-state index contributed by atoms with van der Waals surface area (Å²) >= 11 is 0. The molecular formula is C25H25N3O4S. The summed E-state index contributed by atoms with van der Waals surface area (Å²) in [5.41, 5.74) is 2.96. The summed E-state index contributed by atoms with van der Waals surface area (Å²) in [5.74, 6) is -0.370. The summed E-state index contributed by atoms with van der Waals surface area (Å²) in [6, 6.07) is 19.5. The zero-order valence-electron chi connectivity index (χ0n) is 18.2. The van der Waals surface area contributed by atoms with Gasteiger partial charge in [-0.3, -0.25) is 14.3 Å². The average molecular weight is 464 g/mol. The highest BCUT2D eigenvalue weighted by Crippen LogP contribution is 2.19. The molecule has 7 nitrogen and oxygen atoms in total. The summed E-state index contributed by atoms with van der Waals surface area (Å²) in [7, 11) is -3.77. The Bertz CT molecular complexity index is 1250. The molecule has 33 heavy (non-hydrogen) atoms. The Morgan fingerprint density at radius 3 is 1.91 bits per heavy atom. The first-order valence-corrected chi connectivity index (χ1v) is 12.2. The van der Waals surface area contributed by atoms with E-state index in [0.29, 0.717) is 22.5 Å². The van der Waals surface area contributed by atoms with Crippen molar-refractivity contribution in [1.82, 2.24) is 4.90 Å². The molecule has 0 spiro atoms. The molecule has 8 heteroatoms. The minimum absolute atomic E-state index is 0.00132. The lowest BCUT2D eigenvalue weighted by atomic mass is 10.1. The number of carbonyl (C=O) groups excluding carboxylic acids is 2. The monoisotopic (exact) mass is 463 g/mol. The molecule has 2 amide bonds. The quantitative estimate of drug-likeness (QED) is 0.570. The van der Waals surface area contributed by atoms with Crippen LogP contribution in [0, 0.1) is 6.92 Å². The van der Waals surface area contributed by atoms with Gasteiger partial charge in [0.25, 0.3) is 21.8 Å². The second-order valence-corrected chi connectivity index (χ2v) is 9.71. The Hall–Kier alpha value is -3.65. The number of amides is 2. The molecule has 1 aliphatic heterocycles. The summed E-state index contributed by atoms with van der Waals surface area (Å²) in [4.78, 5) is 26.9. The van der Waals surface area contributed by atoms with Crippen molar-refractivity contribution in [3.05, 3.63) is 89.5 Å². The maximum absolute atomic E-state index is 12.6. The van der Waals surface area contributed by atoms with E-state index in [2.05, 4.69) is 10.0 Å². The standard InChI is InChI=1S/C25H25N3O4S/c1-18-4-10-22(11-5-18)27-33(31,32)23-14-8-19(9-15-23)24(29)26-21-12-6-20(7-13-21)25(30)28-16-2-3-17-28/h4-15,27H,2-3,16-17H2,1H3,(H,26,29). The topological polar surface area (TPSA) is 95.6 Å². The lowest BCUT2D eigenvalue weighted by Crippen LogP contribution is -2.27. The van der Waals surface area contributed by atoms with Crippen LogP contribution >= 0.6 is 0 Å². The van der Waals surface area contributed by atoms with Gasteiger partial charge in [0.15, 0.2) is 0 Å². The van der Waals surface area contributed by atoms with Crippen molar-refractivity contribution >= 4 is 33.2 Å². The number of hydrogen-bond acceptors (Lipinski definition) is 4. The zero-order chi connectivity index (χ0) is 23.4.